The summed E-state index contributed by atoms with van der Waals surface area (Å²) < 4.78 is 11.4. The second-order valence-corrected chi connectivity index (χ2v) is 9.58. The minimum absolute atomic E-state index is 0.173. The normalized spacial score (nSPS) is 27.4. The Morgan fingerprint density at radius 3 is 2.73 bits per heavy atom. The summed E-state index contributed by atoms with van der Waals surface area (Å²) in [4.78, 5) is 10.2. The smallest absolute Gasteiger partial charge is 0.191 e. The number of nitrogens with zero attached hydrogens (tertiary/aromatic N) is 3. The Balaban J connectivity index is 1.42. The van der Waals surface area contributed by atoms with Gasteiger partial charge in [-0.3, -0.25) is 14.8 Å². The van der Waals surface area contributed by atoms with E-state index in [2.05, 4.69) is 45.2 Å². The molecule has 1 aromatic rings. The molecule has 1 aromatic heterocycles. The molecule has 4 rings (SSSR count). The summed E-state index contributed by atoms with van der Waals surface area (Å²) in [6.07, 6.45) is 5.53. The summed E-state index contributed by atoms with van der Waals surface area (Å²) in [5, 5.41) is 7.07. The molecule has 168 valence electrons. The van der Waals surface area contributed by atoms with Gasteiger partial charge >= 0.3 is 0 Å². The minimum Gasteiger partial charge on any atom is -0.468 e. The van der Waals surface area contributed by atoms with Crippen LogP contribution in [0.25, 0.3) is 0 Å². The van der Waals surface area contributed by atoms with Gasteiger partial charge in [-0.15, -0.1) is 0 Å². The number of aliphatic imine (C=N–C) groups is 1. The molecule has 0 amide bonds. The second-order valence-electron chi connectivity index (χ2n) is 8.48. The zero-order valence-electron chi connectivity index (χ0n) is 18.3. The summed E-state index contributed by atoms with van der Waals surface area (Å²) in [6, 6.07) is 4.33. The van der Waals surface area contributed by atoms with Gasteiger partial charge in [-0.25, -0.2) is 0 Å². The maximum atomic E-state index is 5.77. The molecule has 2 N–H and O–H groups in total. The number of hydrogen-bond donors (Lipinski definition) is 2. The van der Waals surface area contributed by atoms with E-state index in [1.807, 2.05) is 6.07 Å². The van der Waals surface area contributed by atoms with Crippen molar-refractivity contribution in [1.29, 1.82) is 0 Å². The third kappa shape index (κ3) is 5.33. The van der Waals surface area contributed by atoms with Gasteiger partial charge in [0.05, 0.1) is 37.6 Å². The lowest BCUT2D eigenvalue weighted by Gasteiger charge is -2.42. The molecule has 0 spiro atoms. The summed E-state index contributed by atoms with van der Waals surface area (Å²) in [5.74, 6) is 4.35. The number of morpholine rings is 1. The van der Waals surface area contributed by atoms with Crippen LogP contribution in [0.2, 0.25) is 0 Å². The summed E-state index contributed by atoms with van der Waals surface area (Å²) in [7, 11) is 0. The summed E-state index contributed by atoms with van der Waals surface area (Å²) in [6.45, 7) is 10.6. The molecular weight excluding hydrogens is 398 g/mol. The fourth-order valence-corrected chi connectivity index (χ4v) is 6.28. The van der Waals surface area contributed by atoms with Gasteiger partial charge in [-0.1, -0.05) is 0 Å². The number of ether oxygens (including phenoxy) is 1. The lowest BCUT2D eigenvalue weighted by atomic mass is 9.96. The molecule has 0 aromatic carbocycles. The molecule has 0 aliphatic carbocycles. The Bertz CT molecular complexity index is 650. The molecule has 3 aliphatic heterocycles. The highest BCUT2D eigenvalue weighted by atomic mass is 32.2. The first kappa shape index (κ1) is 22.0. The maximum absolute atomic E-state index is 5.77. The van der Waals surface area contributed by atoms with E-state index in [0.29, 0.717) is 0 Å². The Morgan fingerprint density at radius 1 is 1.23 bits per heavy atom. The van der Waals surface area contributed by atoms with Crippen molar-refractivity contribution in [3.8, 4) is 0 Å². The number of thioether (sulfide) groups is 1. The van der Waals surface area contributed by atoms with Gasteiger partial charge < -0.3 is 19.8 Å². The number of hydrogen-bond acceptors (Lipinski definition) is 6. The lowest BCUT2D eigenvalue weighted by Crippen LogP contribution is -2.56. The highest BCUT2D eigenvalue weighted by molar-refractivity contribution is 7.99. The highest BCUT2D eigenvalue weighted by Gasteiger charge is 2.40. The van der Waals surface area contributed by atoms with Crippen LogP contribution in [0.5, 0.6) is 0 Å². The minimum atomic E-state index is 0.173. The monoisotopic (exact) mass is 435 g/mol. The lowest BCUT2D eigenvalue weighted by molar-refractivity contribution is -0.0104. The first-order chi connectivity index (χ1) is 14.8. The first-order valence-electron chi connectivity index (χ1n) is 11.5. The van der Waals surface area contributed by atoms with E-state index in [9.17, 15) is 0 Å². The van der Waals surface area contributed by atoms with Crippen molar-refractivity contribution in [2.45, 2.75) is 37.8 Å². The van der Waals surface area contributed by atoms with Gasteiger partial charge in [-0.2, -0.15) is 11.8 Å². The topological polar surface area (TPSA) is 65.3 Å². The SMILES string of the molecule is CCNC(=NCC1(N2CCOCC2)CCSC1)NCC(c1ccco1)N1CCCC1. The summed E-state index contributed by atoms with van der Waals surface area (Å²) in [5.41, 5.74) is 0.173. The standard InChI is InChI=1S/C22H37N5O2S/c1-2-23-21(24-16-19(20-6-5-12-29-20)26-8-3-4-9-26)25-17-22(7-15-30-18-22)27-10-13-28-14-11-27/h5-6,12,19H,2-4,7-11,13-18H2,1H3,(H2,23,24,25). The fraction of sp³-hybridized carbons (Fsp3) is 0.773. The second kappa shape index (κ2) is 10.9. The molecule has 8 heteroatoms. The van der Waals surface area contributed by atoms with Crippen LogP contribution >= 0.6 is 11.8 Å². The van der Waals surface area contributed by atoms with E-state index in [1.54, 1.807) is 6.26 Å². The van der Waals surface area contributed by atoms with Crippen LogP contribution < -0.4 is 10.6 Å². The van der Waals surface area contributed by atoms with Gasteiger partial charge in [0, 0.05) is 31.9 Å². The van der Waals surface area contributed by atoms with Gasteiger partial charge in [0.2, 0.25) is 0 Å². The Labute approximate surface area is 185 Å². The number of likely N-dealkylation sites (tertiary alicyclic amines) is 1. The molecule has 0 radical (unpaired) electrons. The third-order valence-electron chi connectivity index (χ3n) is 6.56. The predicted octanol–water partition coefficient (Wildman–Crippen LogP) is 2.18. The van der Waals surface area contributed by atoms with Crippen LogP contribution in [-0.2, 0) is 4.74 Å². The van der Waals surface area contributed by atoms with Crippen LogP contribution in [0.3, 0.4) is 0 Å². The molecule has 2 unspecified atom stereocenters. The first-order valence-corrected chi connectivity index (χ1v) is 12.7. The number of rotatable bonds is 8. The fourth-order valence-electron chi connectivity index (χ4n) is 4.81. The molecule has 30 heavy (non-hydrogen) atoms. The van der Waals surface area contributed by atoms with Crippen LogP contribution in [0.4, 0.5) is 0 Å². The van der Waals surface area contributed by atoms with Crippen LogP contribution in [0.15, 0.2) is 27.8 Å². The average molecular weight is 436 g/mol. The van der Waals surface area contributed by atoms with E-state index in [1.165, 1.54) is 30.8 Å². The molecule has 3 saturated heterocycles. The molecule has 3 fully saturated rings. The van der Waals surface area contributed by atoms with E-state index in [0.717, 1.165) is 70.7 Å². The zero-order chi connectivity index (χ0) is 20.7. The van der Waals surface area contributed by atoms with E-state index >= 15 is 0 Å². The van der Waals surface area contributed by atoms with E-state index in [-0.39, 0.29) is 11.6 Å². The summed E-state index contributed by atoms with van der Waals surface area (Å²) >= 11 is 2.06. The zero-order valence-corrected chi connectivity index (χ0v) is 19.1. The molecule has 4 heterocycles. The van der Waals surface area contributed by atoms with Crippen LogP contribution in [-0.4, -0.2) is 91.8 Å². The maximum Gasteiger partial charge on any atom is 0.191 e. The molecule has 0 bridgehead atoms. The Hall–Kier alpha value is -1.22. The largest absolute Gasteiger partial charge is 0.468 e. The van der Waals surface area contributed by atoms with Crippen molar-refractivity contribution < 1.29 is 9.15 Å². The van der Waals surface area contributed by atoms with Crippen molar-refractivity contribution in [3.63, 3.8) is 0 Å². The predicted molar refractivity (Wildman–Crippen MR) is 123 cm³/mol. The molecule has 7 nitrogen and oxygen atoms in total. The van der Waals surface area contributed by atoms with Crippen molar-refractivity contribution in [1.82, 2.24) is 20.4 Å². The van der Waals surface area contributed by atoms with Crippen molar-refractivity contribution in [3.05, 3.63) is 24.2 Å². The molecule has 2 atom stereocenters. The van der Waals surface area contributed by atoms with Crippen LogP contribution in [0.1, 0.15) is 38.0 Å². The van der Waals surface area contributed by atoms with E-state index < -0.39 is 0 Å². The van der Waals surface area contributed by atoms with Crippen molar-refractivity contribution in [2.75, 3.05) is 70.5 Å². The van der Waals surface area contributed by atoms with E-state index in [4.69, 9.17) is 14.1 Å². The third-order valence-corrected chi connectivity index (χ3v) is 7.79. The van der Waals surface area contributed by atoms with Gasteiger partial charge in [0.25, 0.3) is 0 Å². The van der Waals surface area contributed by atoms with Gasteiger partial charge in [0.15, 0.2) is 5.96 Å². The number of guanidine groups is 1. The Morgan fingerprint density at radius 2 is 2.07 bits per heavy atom. The van der Waals surface area contributed by atoms with Crippen molar-refractivity contribution >= 4 is 17.7 Å². The average Bonchev–Trinajstić information content (AvgIpc) is 3.56. The Kier molecular flexibility index (Phi) is 7.98. The number of furan rings is 1. The van der Waals surface area contributed by atoms with Crippen LogP contribution in [0, 0.1) is 0 Å². The highest BCUT2D eigenvalue weighted by Crippen LogP contribution is 2.34. The number of nitrogens with one attached hydrogen (secondary N) is 2. The van der Waals surface area contributed by atoms with Crippen molar-refractivity contribution in [2.24, 2.45) is 4.99 Å². The molecule has 3 aliphatic rings. The van der Waals surface area contributed by atoms with Gasteiger partial charge in [0.1, 0.15) is 5.76 Å². The molecular formula is C22H37N5O2S. The molecule has 0 saturated carbocycles. The quantitative estimate of drug-likeness (QED) is 0.479. The van der Waals surface area contributed by atoms with Gasteiger partial charge in [-0.05, 0) is 57.2 Å².